The van der Waals surface area contributed by atoms with Crippen LogP contribution in [0, 0.1) is 0 Å². The van der Waals surface area contributed by atoms with Crippen LogP contribution in [0.2, 0.25) is 0 Å². The van der Waals surface area contributed by atoms with Crippen molar-refractivity contribution in [2.75, 3.05) is 0 Å². The topological polar surface area (TPSA) is 4.93 Å². The van der Waals surface area contributed by atoms with Crippen LogP contribution in [0.25, 0.3) is 76.9 Å². The number of aromatic nitrogens is 1. The van der Waals surface area contributed by atoms with Crippen LogP contribution in [0.5, 0.6) is 0 Å². The molecule has 1 heteroatoms. The standard InChI is InChI=1S/C47H35N/c1-47(2)40-22-12-11-21-38(40)45-43-33(19-13-23-41(43)47)29-39-44-37-20-10-9-18-32(37)24-25-42(44)48(46(39)45)36-27-34(30-14-5-3-6-15-30)26-35(28-36)31-16-7-4-8-17-31/h3-10,12-20,22-29H,11,21H2,1-2H3. The monoisotopic (exact) mass is 613 g/mol. The largest absolute Gasteiger partial charge is 0.309 e. The van der Waals surface area contributed by atoms with Gasteiger partial charge in [0.25, 0.3) is 0 Å². The summed E-state index contributed by atoms with van der Waals surface area (Å²) in [6, 6.07) is 51.8. The van der Waals surface area contributed by atoms with Crippen molar-refractivity contribution in [3.63, 3.8) is 0 Å². The van der Waals surface area contributed by atoms with Gasteiger partial charge in [-0.25, -0.2) is 0 Å². The van der Waals surface area contributed by atoms with Crippen LogP contribution >= 0.6 is 0 Å². The van der Waals surface area contributed by atoms with Crippen LogP contribution in [-0.4, -0.2) is 4.57 Å². The molecule has 0 saturated heterocycles. The van der Waals surface area contributed by atoms with Crippen LogP contribution in [0.3, 0.4) is 0 Å². The van der Waals surface area contributed by atoms with Gasteiger partial charge in [-0.2, -0.15) is 0 Å². The lowest BCUT2D eigenvalue weighted by Gasteiger charge is -2.38. The van der Waals surface area contributed by atoms with Gasteiger partial charge in [-0.1, -0.05) is 135 Å². The second-order valence-corrected chi connectivity index (χ2v) is 14.0. The average molecular weight is 614 g/mol. The molecule has 0 atom stereocenters. The number of hydrogen-bond donors (Lipinski definition) is 0. The quantitative estimate of drug-likeness (QED) is 0.187. The van der Waals surface area contributed by atoms with E-state index in [9.17, 15) is 0 Å². The molecule has 0 aliphatic heterocycles. The fourth-order valence-electron chi connectivity index (χ4n) is 8.79. The van der Waals surface area contributed by atoms with E-state index in [-0.39, 0.29) is 5.41 Å². The minimum Gasteiger partial charge on any atom is -0.309 e. The summed E-state index contributed by atoms with van der Waals surface area (Å²) in [6.07, 6.45) is 6.93. The molecule has 0 radical (unpaired) electrons. The Labute approximate surface area is 281 Å². The molecule has 1 nitrogen and oxygen atoms in total. The molecular formula is C47H35N. The molecule has 48 heavy (non-hydrogen) atoms. The van der Waals surface area contributed by atoms with E-state index < -0.39 is 0 Å². The highest BCUT2D eigenvalue weighted by molar-refractivity contribution is 6.26. The molecule has 1 heterocycles. The van der Waals surface area contributed by atoms with E-state index in [2.05, 4.69) is 170 Å². The molecular weight excluding hydrogens is 579 g/mol. The minimum absolute atomic E-state index is 0.0658. The van der Waals surface area contributed by atoms with Gasteiger partial charge in [0.15, 0.2) is 0 Å². The Balaban J connectivity index is 1.43. The molecule has 7 aromatic carbocycles. The van der Waals surface area contributed by atoms with E-state index in [1.165, 1.54) is 93.6 Å². The molecule has 0 unspecified atom stereocenters. The third-order valence-electron chi connectivity index (χ3n) is 11.0. The highest BCUT2D eigenvalue weighted by Crippen LogP contribution is 2.53. The first-order valence-corrected chi connectivity index (χ1v) is 17.2. The molecule has 1 aromatic heterocycles. The highest BCUT2D eigenvalue weighted by atomic mass is 15.0. The van der Waals surface area contributed by atoms with Gasteiger partial charge in [0.05, 0.1) is 11.0 Å². The van der Waals surface area contributed by atoms with Crippen LogP contribution in [0.4, 0.5) is 0 Å². The van der Waals surface area contributed by atoms with Crippen molar-refractivity contribution in [1.29, 1.82) is 0 Å². The highest BCUT2D eigenvalue weighted by Gasteiger charge is 2.37. The van der Waals surface area contributed by atoms with Crippen molar-refractivity contribution in [2.45, 2.75) is 32.1 Å². The summed E-state index contributed by atoms with van der Waals surface area (Å²) in [5.41, 5.74) is 14.4. The lowest BCUT2D eigenvalue weighted by molar-refractivity contribution is 0.637. The Morgan fingerprint density at radius 1 is 0.562 bits per heavy atom. The fraction of sp³-hybridized carbons (Fsp3) is 0.106. The molecule has 10 rings (SSSR count). The first-order chi connectivity index (χ1) is 23.6. The summed E-state index contributed by atoms with van der Waals surface area (Å²) in [6.45, 7) is 4.83. The Bertz CT molecular complexity index is 2610. The Hall–Kier alpha value is -5.66. The zero-order valence-electron chi connectivity index (χ0n) is 27.3. The van der Waals surface area contributed by atoms with Crippen LogP contribution < -0.4 is 0 Å². The molecule has 0 fully saturated rings. The van der Waals surface area contributed by atoms with Gasteiger partial charge < -0.3 is 4.57 Å². The predicted molar refractivity (Wildman–Crippen MR) is 205 cm³/mol. The van der Waals surface area contributed by atoms with Gasteiger partial charge >= 0.3 is 0 Å². The SMILES string of the molecule is CC1(C)C2=C(CCC=C2)c2c3c1cccc3cc1c3c4ccccc4ccc3n(-c3cc(-c4ccccc4)cc(-c4ccccc4)c3)c21. The van der Waals surface area contributed by atoms with E-state index in [0.717, 1.165) is 12.8 Å². The van der Waals surface area contributed by atoms with Crippen LogP contribution in [-0.2, 0) is 5.41 Å². The maximum Gasteiger partial charge on any atom is 0.0623 e. The van der Waals surface area contributed by atoms with Crippen molar-refractivity contribution < 1.29 is 0 Å². The molecule has 0 N–H and O–H groups in total. The molecule has 2 aliphatic rings. The van der Waals surface area contributed by atoms with Crippen molar-refractivity contribution >= 4 is 48.9 Å². The number of allylic oxidation sites excluding steroid dienone is 4. The van der Waals surface area contributed by atoms with E-state index in [4.69, 9.17) is 0 Å². The van der Waals surface area contributed by atoms with Gasteiger partial charge in [-0.05, 0) is 104 Å². The van der Waals surface area contributed by atoms with E-state index in [1.54, 1.807) is 0 Å². The lowest BCUT2D eigenvalue weighted by Crippen LogP contribution is -2.26. The molecule has 8 aromatic rings. The molecule has 2 aliphatic carbocycles. The summed E-state index contributed by atoms with van der Waals surface area (Å²) >= 11 is 0. The predicted octanol–water partition coefficient (Wildman–Crippen LogP) is 12.8. The summed E-state index contributed by atoms with van der Waals surface area (Å²) in [4.78, 5) is 0. The Morgan fingerprint density at radius 3 is 2.00 bits per heavy atom. The van der Waals surface area contributed by atoms with Gasteiger partial charge in [-0.15, -0.1) is 0 Å². The second kappa shape index (κ2) is 10.2. The maximum absolute atomic E-state index is 2.60. The first kappa shape index (κ1) is 27.5. The second-order valence-electron chi connectivity index (χ2n) is 14.0. The molecule has 0 spiro atoms. The summed E-state index contributed by atoms with van der Waals surface area (Å²) in [5, 5.41) is 7.98. The number of benzene rings is 7. The van der Waals surface area contributed by atoms with Crippen LogP contribution in [0.1, 0.15) is 37.8 Å². The van der Waals surface area contributed by atoms with Crippen molar-refractivity contribution in [2.24, 2.45) is 0 Å². The Morgan fingerprint density at radius 2 is 1.25 bits per heavy atom. The number of hydrogen-bond acceptors (Lipinski definition) is 0. The first-order valence-electron chi connectivity index (χ1n) is 17.2. The molecule has 0 bridgehead atoms. The lowest BCUT2D eigenvalue weighted by atomic mass is 9.66. The van der Waals surface area contributed by atoms with E-state index in [0.29, 0.717) is 0 Å². The van der Waals surface area contributed by atoms with E-state index in [1.807, 2.05) is 0 Å². The zero-order chi connectivity index (χ0) is 32.0. The normalized spacial score (nSPS) is 15.1. The summed E-state index contributed by atoms with van der Waals surface area (Å²) in [5.74, 6) is 0. The van der Waals surface area contributed by atoms with Crippen molar-refractivity contribution in [3.05, 3.63) is 168 Å². The number of fused-ring (bicyclic) bond motifs is 7. The smallest absolute Gasteiger partial charge is 0.0623 e. The zero-order valence-corrected chi connectivity index (χ0v) is 27.3. The van der Waals surface area contributed by atoms with Gasteiger partial charge in [0.2, 0.25) is 0 Å². The third kappa shape index (κ3) is 3.85. The number of rotatable bonds is 3. The average Bonchev–Trinajstić information content (AvgIpc) is 3.48. The van der Waals surface area contributed by atoms with Gasteiger partial charge in [0.1, 0.15) is 0 Å². The molecule has 0 saturated carbocycles. The van der Waals surface area contributed by atoms with Crippen molar-refractivity contribution in [3.8, 4) is 27.9 Å². The minimum atomic E-state index is -0.0658. The summed E-state index contributed by atoms with van der Waals surface area (Å²) in [7, 11) is 0. The molecule has 228 valence electrons. The third-order valence-corrected chi connectivity index (χ3v) is 11.0. The Kier molecular flexibility index (Phi) is 5.82. The molecule has 0 amide bonds. The fourth-order valence-corrected chi connectivity index (χ4v) is 8.79. The van der Waals surface area contributed by atoms with Crippen LogP contribution in [0.15, 0.2) is 157 Å². The van der Waals surface area contributed by atoms with E-state index >= 15 is 0 Å². The van der Waals surface area contributed by atoms with Gasteiger partial charge in [-0.3, -0.25) is 0 Å². The summed E-state index contributed by atoms with van der Waals surface area (Å²) < 4.78 is 2.60. The van der Waals surface area contributed by atoms with Crippen molar-refractivity contribution in [1.82, 2.24) is 4.57 Å². The van der Waals surface area contributed by atoms with Gasteiger partial charge in [0, 0.05) is 27.4 Å². The number of nitrogens with zero attached hydrogens (tertiary/aromatic N) is 1. The maximum atomic E-state index is 2.60.